The Morgan fingerprint density at radius 2 is 1.91 bits per heavy atom. The summed E-state index contributed by atoms with van der Waals surface area (Å²) in [5, 5.41) is 29.4. The number of nitrogen functional groups attached to an aromatic ring is 1. The summed E-state index contributed by atoms with van der Waals surface area (Å²) in [4.78, 5) is 11.6. The van der Waals surface area contributed by atoms with Crippen LogP contribution in [0.5, 0.6) is 0 Å². The zero-order chi connectivity index (χ0) is 16.7. The molecule has 8 nitrogen and oxygen atoms in total. The Bertz CT molecular complexity index is 621. The molecule has 2 rings (SSSR count). The lowest BCUT2D eigenvalue weighted by Gasteiger charge is -2.17. The average molecular weight is 318 g/mol. The van der Waals surface area contributed by atoms with E-state index in [1.807, 2.05) is 30.3 Å². The Balaban J connectivity index is 1.75. The maximum atomic E-state index is 11.6. The molecule has 2 unspecified atom stereocenters. The molecular weight excluding hydrogens is 300 g/mol. The topological polar surface area (TPSA) is 131 Å². The highest BCUT2D eigenvalue weighted by atomic mass is 16.5. The van der Waals surface area contributed by atoms with Gasteiger partial charge in [0.05, 0.1) is 5.69 Å². The number of aromatic nitrogens is 2. The number of aliphatic hydroxyl groups excluding tert-OH is 2. The van der Waals surface area contributed by atoms with Gasteiger partial charge < -0.3 is 26.0 Å². The third-order valence-corrected chi connectivity index (χ3v) is 3.04. The molecule has 23 heavy (non-hydrogen) atoms. The molecule has 1 amide bonds. The van der Waals surface area contributed by atoms with E-state index < -0.39 is 18.3 Å². The van der Waals surface area contributed by atoms with Gasteiger partial charge in [0.15, 0.2) is 0 Å². The van der Waals surface area contributed by atoms with Crippen LogP contribution < -0.4 is 11.1 Å². The predicted octanol–water partition coefficient (Wildman–Crippen LogP) is 0.379. The molecule has 0 spiro atoms. The highest BCUT2D eigenvalue weighted by Crippen LogP contribution is 2.13. The Labute approximate surface area is 132 Å². The smallest absolute Gasteiger partial charge is 0.407 e. The monoisotopic (exact) mass is 318 g/mol. The number of amides is 1. The number of rotatable bonds is 6. The summed E-state index contributed by atoms with van der Waals surface area (Å²) in [5.41, 5.74) is 6.40. The minimum absolute atomic E-state index is 0.120. The van der Waals surface area contributed by atoms with Crippen LogP contribution in [-0.2, 0) is 11.3 Å². The highest BCUT2D eigenvalue weighted by molar-refractivity contribution is 5.67. The van der Waals surface area contributed by atoms with Crippen LogP contribution in [0.2, 0.25) is 0 Å². The molecule has 2 aromatic rings. The van der Waals surface area contributed by atoms with E-state index in [0.717, 1.165) is 5.56 Å². The van der Waals surface area contributed by atoms with Gasteiger partial charge >= 0.3 is 6.09 Å². The van der Waals surface area contributed by atoms with E-state index in [0.29, 0.717) is 0 Å². The molecule has 5 N–H and O–H groups in total. The van der Waals surface area contributed by atoms with Crippen molar-refractivity contribution < 1.29 is 19.7 Å². The number of hydrogen-bond acceptors (Lipinski definition) is 7. The molecule has 1 heterocycles. The first-order valence-electron chi connectivity index (χ1n) is 6.96. The quantitative estimate of drug-likeness (QED) is 0.605. The SMILES string of the molecule is Nc1ccc(C(O)C(O)CNC(=O)OCc2ccccc2)nn1. The average Bonchev–Trinajstić information content (AvgIpc) is 2.58. The minimum atomic E-state index is -1.29. The van der Waals surface area contributed by atoms with Crippen LogP contribution in [0, 0.1) is 0 Å². The number of nitrogens with one attached hydrogen (secondary N) is 1. The van der Waals surface area contributed by atoms with E-state index in [-0.39, 0.29) is 24.7 Å². The number of ether oxygens (including phenoxy) is 1. The first kappa shape index (κ1) is 16.7. The molecule has 2 atom stereocenters. The Morgan fingerprint density at radius 1 is 1.17 bits per heavy atom. The van der Waals surface area contributed by atoms with Crippen LogP contribution in [0.25, 0.3) is 0 Å². The van der Waals surface area contributed by atoms with Gasteiger partial charge in [0.2, 0.25) is 0 Å². The molecule has 122 valence electrons. The van der Waals surface area contributed by atoms with E-state index in [1.165, 1.54) is 12.1 Å². The molecule has 0 saturated heterocycles. The minimum Gasteiger partial charge on any atom is -0.445 e. The van der Waals surface area contributed by atoms with Crippen molar-refractivity contribution in [1.29, 1.82) is 0 Å². The number of anilines is 1. The number of nitrogens with two attached hydrogens (primary N) is 1. The first-order valence-corrected chi connectivity index (χ1v) is 6.96. The van der Waals surface area contributed by atoms with Gasteiger partial charge in [-0.1, -0.05) is 30.3 Å². The number of aliphatic hydroxyl groups is 2. The van der Waals surface area contributed by atoms with Gasteiger partial charge in [-0.2, -0.15) is 5.10 Å². The molecule has 0 fully saturated rings. The Kier molecular flexibility index (Phi) is 5.84. The van der Waals surface area contributed by atoms with Gasteiger partial charge in [-0.15, -0.1) is 5.10 Å². The van der Waals surface area contributed by atoms with E-state index in [1.54, 1.807) is 0 Å². The van der Waals surface area contributed by atoms with Crippen molar-refractivity contribution >= 4 is 11.9 Å². The van der Waals surface area contributed by atoms with Crippen molar-refractivity contribution in [3.63, 3.8) is 0 Å². The molecule has 8 heteroatoms. The van der Waals surface area contributed by atoms with Crippen molar-refractivity contribution in [3.05, 3.63) is 53.7 Å². The lowest BCUT2D eigenvalue weighted by Crippen LogP contribution is -2.36. The predicted molar refractivity (Wildman–Crippen MR) is 82.0 cm³/mol. The first-order chi connectivity index (χ1) is 11.1. The number of hydrogen-bond donors (Lipinski definition) is 4. The summed E-state index contributed by atoms with van der Waals surface area (Å²) in [6.45, 7) is -0.0738. The fourth-order valence-corrected chi connectivity index (χ4v) is 1.78. The zero-order valence-electron chi connectivity index (χ0n) is 12.3. The number of carbonyl (C=O) groups excluding carboxylic acids is 1. The van der Waals surface area contributed by atoms with Crippen LogP contribution in [0.4, 0.5) is 10.6 Å². The lowest BCUT2D eigenvalue weighted by molar-refractivity contribution is 0.0154. The number of alkyl carbamates (subject to hydrolysis) is 1. The largest absolute Gasteiger partial charge is 0.445 e. The third-order valence-electron chi connectivity index (χ3n) is 3.04. The standard InChI is InChI=1S/C15H18N4O4/c16-13-7-6-11(18-19-13)14(21)12(20)8-17-15(22)23-9-10-4-2-1-3-5-10/h1-7,12,14,20-21H,8-9H2,(H2,16,19)(H,17,22). The lowest BCUT2D eigenvalue weighted by atomic mass is 10.1. The summed E-state index contributed by atoms with van der Waals surface area (Å²) < 4.78 is 4.99. The van der Waals surface area contributed by atoms with Crippen molar-refractivity contribution in [2.45, 2.75) is 18.8 Å². The summed E-state index contributed by atoms with van der Waals surface area (Å²) >= 11 is 0. The molecule has 0 aliphatic rings. The molecule has 0 saturated carbocycles. The van der Waals surface area contributed by atoms with Crippen molar-refractivity contribution in [3.8, 4) is 0 Å². The summed E-state index contributed by atoms with van der Waals surface area (Å²) in [5.74, 6) is 0.207. The van der Waals surface area contributed by atoms with Crippen LogP contribution in [-0.4, -0.2) is 39.2 Å². The molecule has 0 aliphatic carbocycles. The van der Waals surface area contributed by atoms with E-state index >= 15 is 0 Å². The maximum absolute atomic E-state index is 11.6. The van der Waals surface area contributed by atoms with E-state index in [2.05, 4.69) is 15.5 Å². The molecule has 0 aliphatic heterocycles. The van der Waals surface area contributed by atoms with Crippen LogP contribution >= 0.6 is 0 Å². The van der Waals surface area contributed by atoms with Crippen molar-refractivity contribution in [1.82, 2.24) is 15.5 Å². The van der Waals surface area contributed by atoms with E-state index in [4.69, 9.17) is 10.5 Å². The number of carbonyl (C=O) groups is 1. The molecule has 1 aromatic heterocycles. The van der Waals surface area contributed by atoms with Gasteiger partial charge in [0.25, 0.3) is 0 Å². The van der Waals surface area contributed by atoms with Gasteiger partial charge in [0, 0.05) is 6.54 Å². The van der Waals surface area contributed by atoms with Gasteiger partial charge in [-0.3, -0.25) is 0 Å². The van der Waals surface area contributed by atoms with Crippen molar-refractivity contribution in [2.75, 3.05) is 12.3 Å². The highest BCUT2D eigenvalue weighted by Gasteiger charge is 2.21. The van der Waals surface area contributed by atoms with Crippen LogP contribution in [0.1, 0.15) is 17.4 Å². The Morgan fingerprint density at radius 3 is 2.57 bits per heavy atom. The molecule has 1 aromatic carbocycles. The second-order valence-corrected chi connectivity index (χ2v) is 4.84. The second kappa shape index (κ2) is 8.06. The van der Waals surface area contributed by atoms with Gasteiger partial charge in [-0.05, 0) is 17.7 Å². The Hall–Kier alpha value is -2.71. The fourth-order valence-electron chi connectivity index (χ4n) is 1.78. The number of nitrogens with zero attached hydrogens (tertiary/aromatic N) is 2. The van der Waals surface area contributed by atoms with Crippen LogP contribution in [0.3, 0.4) is 0 Å². The van der Waals surface area contributed by atoms with Gasteiger partial charge in [-0.25, -0.2) is 4.79 Å². The van der Waals surface area contributed by atoms with Crippen LogP contribution in [0.15, 0.2) is 42.5 Å². The maximum Gasteiger partial charge on any atom is 0.407 e. The number of benzene rings is 1. The molecule has 0 radical (unpaired) electrons. The molecule has 0 bridgehead atoms. The van der Waals surface area contributed by atoms with Crippen molar-refractivity contribution in [2.24, 2.45) is 0 Å². The van der Waals surface area contributed by atoms with Gasteiger partial charge in [0.1, 0.15) is 24.6 Å². The second-order valence-electron chi connectivity index (χ2n) is 4.84. The molecular formula is C15H18N4O4. The van der Waals surface area contributed by atoms with E-state index in [9.17, 15) is 15.0 Å². The normalized spacial score (nSPS) is 13.1. The fraction of sp³-hybridized carbons (Fsp3) is 0.267. The summed E-state index contributed by atoms with van der Waals surface area (Å²) in [6, 6.07) is 12.1. The summed E-state index contributed by atoms with van der Waals surface area (Å²) in [7, 11) is 0. The third kappa shape index (κ3) is 5.20. The zero-order valence-corrected chi connectivity index (χ0v) is 12.3. The summed E-state index contributed by atoms with van der Waals surface area (Å²) in [6.07, 6.45) is -3.24.